The van der Waals surface area contributed by atoms with Crippen molar-refractivity contribution in [3.8, 4) is 11.5 Å². The second kappa shape index (κ2) is 9.33. The molecule has 0 aromatic heterocycles. The van der Waals surface area contributed by atoms with Gasteiger partial charge in [-0.25, -0.2) is 4.79 Å². The second-order valence-corrected chi connectivity index (χ2v) is 5.51. The highest BCUT2D eigenvalue weighted by atomic mass is 16.5. The third-order valence-corrected chi connectivity index (χ3v) is 3.53. The van der Waals surface area contributed by atoms with Crippen molar-refractivity contribution in [2.45, 2.75) is 19.8 Å². The first-order valence-electron chi connectivity index (χ1n) is 8.22. The van der Waals surface area contributed by atoms with Crippen molar-refractivity contribution < 1.29 is 19.7 Å². The molecule has 4 nitrogen and oxygen atoms in total. The molecule has 2 N–H and O–H groups in total. The van der Waals surface area contributed by atoms with Gasteiger partial charge in [0.15, 0.2) is 11.5 Å². The predicted octanol–water partition coefficient (Wildman–Crippen LogP) is 4.78. The predicted molar refractivity (Wildman–Crippen MR) is 99.5 cm³/mol. The molecule has 0 amide bonds. The van der Waals surface area contributed by atoms with Crippen molar-refractivity contribution in [3.05, 3.63) is 71.3 Å². The van der Waals surface area contributed by atoms with E-state index < -0.39 is 0 Å². The number of allylic oxidation sites excluding steroid dienone is 1. The van der Waals surface area contributed by atoms with Crippen molar-refractivity contribution in [2.75, 3.05) is 6.61 Å². The molecule has 2 rings (SSSR count). The number of carbonyl (C=O) groups excluding carboxylic acids is 1. The van der Waals surface area contributed by atoms with Crippen LogP contribution < -0.4 is 0 Å². The Hall–Kier alpha value is -3.01. The lowest BCUT2D eigenvalue weighted by atomic mass is 10.1. The zero-order valence-corrected chi connectivity index (χ0v) is 14.2. The summed E-state index contributed by atoms with van der Waals surface area (Å²) in [6.45, 7) is 2.43. The van der Waals surface area contributed by atoms with E-state index in [0.29, 0.717) is 12.2 Å². The number of carbonyl (C=O) groups is 1. The van der Waals surface area contributed by atoms with Crippen LogP contribution in [0, 0.1) is 0 Å². The molecule has 0 saturated heterocycles. The second-order valence-electron chi connectivity index (χ2n) is 5.51. The number of hydrogen-bond acceptors (Lipinski definition) is 4. The molecule has 0 atom stereocenters. The van der Waals surface area contributed by atoms with E-state index >= 15 is 0 Å². The van der Waals surface area contributed by atoms with E-state index in [4.69, 9.17) is 4.74 Å². The minimum Gasteiger partial charge on any atom is -0.504 e. The lowest BCUT2D eigenvalue weighted by Gasteiger charge is -2.03. The molecular formula is C21H22O4. The SMILES string of the molecule is CC/C=C/CCOC(=O)c1ccc(/C=C/c2ccc(O)c(O)c2)cc1. The van der Waals surface area contributed by atoms with E-state index in [-0.39, 0.29) is 17.5 Å². The number of hydrogen-bond donors (Lipinski definition) is 2. The van der Waals surface area contributed by atoms with Crippen molar-refractivity contribution in [1.82, 2.24) is 0 Å². The first kappa shape index (κ1) is 18.3. The molecule has 0 unspecified atom stereocenters. The summed E-state index contributed by atoms with van der Waals surface area (Å²) in [5, 5.41) is 18.8. The Labute approximate surface area is 147 Å². The highest BCUT2D eigenvalue weighted by Crippen LogP contribution is 2.25. The Balaban J connectivity index is 1.92. The van der Waals surface area contributed by atoms with E-state index in [1.165, 1.54) is 12.1 Å². The first-order valence-corrected chi connectivity index (χ1v) is 8.22. The van der Waals surface area contributed by atoms with Crippen LogP contribution in [0.5, 0.6) is 11.5 Å². The molecule has 0 saturated carbocycles. The van der Waals surface area contributed by atoms with E-state index in [2.05, 4.69) is 6.92 Å². The third kappa shape index (κ3) is 5.84. The fourth-order valence-electron chi connectivity index (χ4n) is 2.15. The normalized spacial score (nSPS) is 11.2. The zero-order chi connectivity index (χ0) is 18.1. The van der Waals surface area contributed by atoms with Gasteiger partial charge in [0.2, 0.25) is 0 Å². The van der Waals surface area contributed by atoms with Gasteiger partial charge in [-0.15, -0.1) is 0 Å². The molecule has 2 aromatic carbocycles. The fourth-order valence-corrected chi connectivity index (χ4v) is 2.15. The largest absolute Gasteiger partial charge is 0.504 e. The van der Waals surface area contributed by atoms with Crippen LogP contribution in [0.1, 0.15) is 41.3 Å². The monoisotopic (exact) mass is 338 g/mol. The molecule has 0 aliphatic rings. The summed E-state index contributed by atoms with van der Waals surface area (Å²) >= 11 is 0. The van der Waals surface area contributed by atoms with Crippen LogP contribution in [0.3, 0.4) is 0 Å². The topological polar surface area (TPSA) is 66.8 Å². The zero-order valence-electron chi connectivity index (χ0n) is 14.2. The molecule has 0 fully saturated rings. The number of rotatable bonds is 7. The maximum absolute atomic E-state index is 11.9. The number of esters is 1. The van der Waals surface area contributed by atoms with Crippen LogP contribution in [0.2, 0.25) is 0 Å². The quantitative estimate of drug-likeness (QED) is 0.251. The van der Waals surface area contributed by atoms with Crippen LogP contribution in [0.15, 0.2) is 54.6 Å². The Morgan fingerprint density at radius 2 is 1.64 bits per heavy atom. The highest BCUT2D eigenvalue weighted by Gasteiger charge is 2.05. The number of phenols is 2. The van der Waals surface area contributed by atoms with Crippen molar-refractivity contribution in [3.63, 3.8) is 0 Å². The highest BCUT2D eigenvalue weighted by molar-refractivity contribution is 5.89. The summed E-state index contributed by atoms with van der Waals surface area (Å²) in [6.07, 6.45) is 9.42. The Morgan fingerprint density at radius 3 is 2.32 bits per heavy atom. The van der Waals surface area contributed by atoms with E-state index in [0.717, 1.165) is 24.0 Å². The number of ether oxygens (including phenoxy) is 1. The molecule has 0 bridgehead atoms. The molecule has 25 heavy (non-hydrogen) atoms. The van der Waals surface area contributed by atoms with Gasteiger partial charge in [0, 0.05) is 0 Å². The summed E-state index contributed by atoms with van der Waals surface area (Å²) in [6, 6.07) is 11.7. The average Bonchev–Trinajstić information content (AvgIpc) is 2.63. The van der Waals surface area contributed by atoms with E-state index in [1.54, 1.807) is 18.2 Å². The number of phenolic OH excluding ortho intramolecular Hbond substituents is 2. The molecule has 2 aromatic rings. The van der Waals surface area contributed by atoms with Crippen LogP contribution in [0.4, 0.5) is 0 Å². The molecule has 0 radical (unpaired) electrons. The summed E-state index contributed by atoms with van der Waals surface area (Å²) in [7, 11) is 0. The fraction of sp³-hybridized carbons (Fsp3) is 0.190. The van der Waals surface area contributed by atoms with Crippen LogP contribution >= 0.6 is 0 Å². The van der Waals surface area contributed by atoms with Crippen LogP contribution in [-0.4, -0.2) is 22.8 Å². The molecule has 0 aliphatic carbocycles. The van der Waals surface area contributed by atoms with Crippen LogP contribution in [0.25, 0.3) is 12.2 Å². The lowest BCUT2D eigenvalue weighted by Crippen LogP contribution is -2.05. The molecule has 0 spiro atoms. The van der Waals surface area contributed by atoms with Gasteiger partial charge in [-0.2, -0.15) is 0 Å². The molecule has 0 heterocycles. The lowest BCUT2D eigenvalue weighted by molar-refractivity contribution is 0.0511. The summed E-state index contributed by atoms with van der Waals surface area (Å²) in [5.41, 5.74) is 2.19. The third-order valence-electron chi connectivity index (χ3n) is 3.53. The van der Waals surface area contributed by atoms with E-state index in [9.17, 15) is 15.0 Å². The van der Waals surface area contributed by atoms with Crippen molar-refractivity contribution >= 4 is 18.1 Å². The minimum absolute atomic E-state index is 0.148. The summed E-state index contributed by atoms with van der Waals surface area (Å²) in [5.74, 6) is -0.636. The maximum atomic E-state index is 11.9. The Kier molecular flexibility index (Phi) is 6.84. The minimum atomic E-state index is -0.330. The van der Waals surface area contributed by atoms with Gasteiger partial charge in [0.05, 0.1) is 12.2 Å². The van der Waals surface area contributed by atoms with Gasteiger partial charge >= 0.3 is 5.97 Å². The van der Waals surface area contributed by atoms with Crippen molar-refractivity contribution in [2.24, 2.45) is 0 Å². The van der Waals surface area contributed by atoms with Gasteiger partial charge < -0.3 is 14.9 Å². The number of aromatic hydroxyl groups is 2. The average molecular weight is 338 g/mol. The maximum Gasteiger partial charge on any atom is 0.338 e. The summed E-state index contributed by atoms with van der Waals surface area (Å²) in [4.78, 5) is 11.9. The summed E-state index contributed by atoms with van der Waals surface area (Å²) < 4.78 is 5.21. The molecular weight excluding hydrogens is 316 g/mol. The van der Waals surface area contributed by atoms with E-state index in [1.807, 2.05) is 36.4 Å². The smallest absolute Gasteiger partial charge is 0.338 e. The van der Waals surface area contributed by atoms with Gasteiger partial charge in [-0.3, -0.25) is 0 Å². The van der Waals surface area contributed by atoms with Crippen LogP contribution in [-0.2, 0) is 4.74 Å². The van der Waals surface area contributed by atoms with Gasteiger partial charge in [0.25, 0.3) is 0 Å². The molecule has 4 heteroatoms. The number of benzene rings is 2. The Bertz CT molecular complexity index is 758. The molecule has 130 valence electrons. The Morgan fingerprint density at radius 1 is 0.960 bits per heavy atom. The van der Waals surface area contributed by atoms with Crippen molar-refractivity contribution in [1.29, 1.82) is 0 Å². The van der Waals surface area contributed by atoms with Gasteiger partial charge in [-0.05, 0) is 48.2 Å². The first-order chi connectivity index (χ1) is 12.1. The standard InChI is InChI=1S/C21H22O4/c1-2-3-4-5-14-25-21(24)18-11-8-16(9-12-18)6-7-17-10-13-19(22)20(23)15-17/h3-4,6-13,15,22-23H,2,5,14H2,1H3/b4-3+,7-6+. The van der Waals surface area contributed by atoms with Gasteiger partial charge in [0.1, 0.15) is 0 Å². The molecule has 0 aliphatic heterocycles. The van der Waals surface area contributed by atoms with Gasteiger partial charge in [-0.1, -0.05) is 49.4 Å².